The Bertz CT molecular complexity index is 1140. The van der Waals surface area contributed by atoms with Gasteiger partial charge in [0.1, 0.15) is 5.82 Å². The summed E-state index contributed by atoms with van der Waals surface area (Å²) in [7, 11) is -4.42. The Balaban J connectivity index is 1.77. The van der Waals surface area contributed by atoms with Crippen molar-refractivity contribution in [2.24, 2.45) is 0 Å². The lowest BCUT2D eigenvalue weighted by Gasteiger charge is -2.32. The minimum atomic E-state index is -4.77. The van der Waals surface area contributed by atoms with E-state index >= 15 is 0 Å². The van der Waals surface area contributed by atoms with E-state index in [0.717, 1.165) is 20.8 Å². The number of aromatic nitrogens is 4. The number of aryl methyl sites for hydroxylation is 1. The number of hydrogen-bond acceptors (Lipinski definition) is 5. The van der Waals surface area contributed by atoms with Gasteiger partial charge in [-0.25, -0.2) is 27.7 Å². The van der Waals surface area contributed by atoms with E-state index in [-0.39, 0.29) is 19.0 Å². The number of aromatic amines is 1. The fraction of sp³-hybridized carbons (Fsp3) is 0.471. The summed E-state index contributed by atoms with van der Waals surface area (Å²) in [6.45, 7) is 1.86. The van der Waals surface area contributed by atoms with Crippen molar-refractivity contribution in [1.29, 1.82) is 0 Å². The highest BCUT2D eigenvalue weighted by atomic mass is 32.2. The molecule has 1 saturated heterocycles. The van der Waals surface area contributed by atoms with Crippen molar-refractivity contribution in [3.63, 3.8) is 0 Å². The maximum absolute atomic E-state index is 12.7. The van der Waals surface area contributed by atoms with E-state index in [0.29, 0.717) is 29.8 Å². The first-order valence-corrected chi connectivity index (χ1v) is 10.4. The predicted octanol–water partition coefficient (Wildman–Crippen LogP) is 2.89. The molecule has 0 aliphatic carbocycles. The molecule has 4 heterocycles. The van der Waals surface area contributed by atoms with E-state index in [4.69, 9.17) is 0 Å². The van der Waals surface area contributed by atoms with Crippen LogP contribution in [0.25, 0.3) is 21.9 Å². The van der Waals surface area contributed by atoms with Crippen LogP contribution in [0.15, 0.2) is 18.5 Å². The molecule has 7 nitrogen and oxygen atoms in total. The number of fused-ring (bicyclic) bond motifs is 3. The fourth-order valence-corrected chi connectivity index (χ4v) is 5.23. The molecule has 0 aromatic carbocycles. The van der Waals surface area contributed by atoms with Gasteiger partial charge in [0.25, 0.3) is 0 Å². The molecule has 0 saturated carbocycles. The third kappa shape index (κ3) is 3.55. The largest absolute Gasteiger partial charge is 0.404 e. The van der Waals surface area contributed by atoms with Gasteiger partial charge < -0.3 is 4.98 Å². The van der Waals surface area contributed by atoms with Crippen LogP contribution in [0.3, 0.4) is 0 Å². The summed E-state index contributed by atoms with van der Waals surface area (Å²) in [5.74, 6) is -1.49. The summed E-state index contributed by atoms with van der Waals surface area (Å²) in [5, 5.41) is 1.57. The van der Waals surface area contributed by atoms with Gasteiger partial charge in [0.2, 0.25) is 10.0 Å². The van der Waals surface area contributed by atoms with Gasteiger partial charge in [-0.3, -0.25) is 0 Å². The molecule has 3 aromatic heterocycles. The van der Waals surface area contributed by atoms with Crippen LogP contribution in [-0.2, 0) is 10.0 Å². The zero-order valence-electron chi connectivity index (χ0n) is 15.0. The Morgan fingerprint density at radius 1 is 1.32 bits per heavy atom. The van der Waals surface area contributed by atoms with Crippen molar-refractivity contribution in [3.05, 3.63) is 30.0 Å². The minimum Gasteiger partial charge on any atom is -0.347 e. The third-order valence-corrected chi connectivity index (χ3v) is 6.73. The van der Waals surface area contributed by atoms with Gasteiger partial charge in [0, 0.05) is 41.7 Å². The SMILES string of the molecule is Cc1nc2cnc3nccc3c2c(C2CCCN(S(=O)(=O)CC(F)(F)F)C2)[nH]1. The minimum absolute atomic E-state index is 0.00851. The highest BCUT2D eigenvalue weighted by molar-refractivity contribution is 7.89. The molecule has 1 fully saturated rings. The number of hydrogen-bond donors (Lipinski definition) is 1. The second-order valence-electron chi connectivity index (χ2n) is 7.01. The molecule has 1 N–H and O–H groups in total. The van der Waals surface area contributed by atoms with Gasteiger partial charge in [-0.1, -0.05) is 0 Å². The molecular weight excluding hydrogens is 395 g/mol. The van der Waals surface area contributed by atoms with Gasteiger partial charge in [-0.05, 0) is 25.8 Å². The number of rotatable bonds is 3. The van der Waals surface area contributed by atoms with Crippen molar-refractivity contribution in [3.8, 4) is 0 Å². The highest BCUT2D eigenvalue weighted by Gasteiger charge is 2.40. The van der Waals surface area contributed by atoms with E-state index in [1.165, 1.54) is 0 Å². The summed E-state index contributed by atoms with van der Waals surface area (Å²) < 4.78 is 63.5. The highest BCUT2D eigenvalue weighted by Crippen LogP contribution is 2.35. The Hall–Kier alpha value is -2.27. The zero-order valence-corrected chi connectivity index (χ0v) is 15.8. The predicted molar refractivity (Wildman–Crippen MR) is 97.3 cm³/mol. The average Bonchev–Trinajstić information content (AvgIpc) is 3.07. The Kier molecular flexibility index (Phi) is 4.53. The second kappa shape index (κ2) is 6.66. The first-order chi connectivity index (χ1) is 13.1. The molecule has 28 heavy (non-hydrogen) atoms. The van der Waals surface area contributed by atoms with Crippen LogP contribution in [0.5, 0.6) is 0 Å². The topological polar surface area (TPSA) is 91.8 Å². The van der Waals surface area contributed by atoms with Crippen LogP contribution >= 0.6 is 0 Å². The Labute approximate surface area is 159 Å². The van der Waals surface area contributed by atoms with Crippen LogP contribution in [0, 0.1) is 6.92 Å². The summed E-state index contributed by atoms with van der Waals surface area (Å²) >= 11 is 0. The number of nitrogens with one attached hydrogen (secondary N) is 1. The molecule has 1 aliphatic rings. The van der Waals surface area contributed by atoms with Crippen molar-refractivity contribution in [2.75, 3.05) is 18.8 Å². The zero-order chi connectivity index (χ0) is 20.1. The normalized spacial score (nSPS) is 19.5. The van der Waals surface area contributed by atoms with Crippen LogP contribution in [0.2, 0.25) is 0 Å². The molecular formula is C17H18F3N5O2S. The summed E-state index contributed by atoms with van der Waals surface area (Å²) in [4.78, 5) is 16.1. The van der Waals surface area contributed by atoms with Crippen LogP contribution in [0.4, 0.5) is 13.2 Å². The Morgan fingerprint density at radius 2 is 2.11 bits per heavy atom. The van der Waals surface area contributed by atoms with Crippen molar-refractivity contribution in [1.82, 2.24) is 24.2 Å². The number of pyridine rings is 1. The fourth-order valence-electron chi connectivity index (χ4n) is 3.82. The number of piperidine rings is 1. The molecule has 1 unspecified atom stereocenters. The van der Waals surface area contributed by atoms with Crippen LogP contribution < -0.4 is 0 Å². The number of alkyl halides is 3. The van der Waals surface area contributed by atoms with E-state index < -0.39 is 22.0 Å². The average molecular weight is 413 g/mol. The molecule has 0 spiro atoms. The number of halogens is 3. The second-order valence-corrected chi connectivity index (χ2v) is 8.97. The van der Waals surface area contributed by atoms with Gasteiger partial charge >= 0.3 is 6.18 Å². The maximum atomic E-state index is 12.7. The van der Waals surface area contributed by atoms with Gasteiger partial charge in [-0.2, -0.15) is 13.2 Å². The molecule has 0 amide bonds. The standard InChI is InChI=1S/C17H18F3N5O2S/c1-10-23-13-7-22-16-12(4-5-21-16)14(13)15(24-10)11-3-2-6-25(8-11)28(26,27)9-17(18,19)20/h4-5,7,11H,2-3,6,8-9H2,1H3,(H,23,24). The molecule has 0 bridgehead atoms. The molecule has 11 heteroatoms. The molecule has 0 radical (unpaired) electrons. The maximum Gasteiger partial charge on any atom is 0.404 e. The first-order valence-electron chi connectivity index (χ1n) is 8.78. The van der Waals surface area contributed by atoms with Crippen LogP contribution in [0.1, 0.15) is 30.3 Å². The smallest absolute Gasteiger partial charge is 0.347 e. The van der Waals surface area contributed by atoms with E-state index in [9.17, 15) is 21.6 Å². The quantitative estimate of drug-likeness (QED) is 0.713. The molecule has 3 aromatic rings. The summed E-state index contributed by atoms with van der Waals surface area (Å²) in [5.41, 5.74) is 1.95. The van der Waals surface area contributed by atoms with E-state index in [1.807, 2.05) is 0 Å². The lowest BCUT2D eigenvalue weighted by molar-refractivity contribution is -0.107. The number of sulfonamides is 1. The van der Waals surface area contributed by atoms with Crippen molar-refractivity contribution < 1.29 is 21.6 Å². The number of nitrogens with zero attached hydrogens (tertiary/aromatic N) is 4. The number of H-pyrrole nitrogens is 1. The molecule has 150 valence electrons. The summed E-state index contributed by atoms with van der Waals surface area (Å²) in [6.07, 6.45) is -0.397. The van der Waals surface area contributed by atoms with Crippen LogP contribution in [-0.4, -0.2) is 57.7 Å². The lowest BCUT2D eigenvalue weighted by Crippen LogP contribution is -2.43. The molecule has 4 rings (SSSR count). The molecule has 1 aliphatic heterocycles. The van der Waals surface area contributed by atoms with Crippen molar-refractivity contribution >= 4 is 32.0 Å². The first kappa shape index (κ1) is 19.1. The lowest BCUT2D eigenvalue weighted by atomic mass is 9.92. The monoisotopic (exact) mass is 413 g/mol. The van der Waals surface area contributed by atoms with Gasteiger partial charge in [-0.15, -0.1) is 0 Å². The summed E-state index contributed by atoms with van der Waals surface area (Å²) in [6, 6.07) is 1.81. The van der Waals surface area contributed by atoms with E-state index in [1.54, 1.807) is 25.4 Å². The third-order valence-electron chi connectivity index (χ3n) is 4.92. The molecule has 1 atom stereocenters. The van der Waals surface area contributed by atoms with E-state index in [2.05, 4.69) is 19.9 Å². The van der Waals surface area contributed by atoms with Gasteiger partial charge in [0.05, 0.1) is 11.7 Å². The Morgan fingerprint density at radius 3 is 2.86 bits per heavy atom. The van der Waals surface area contributed by atoms with Crippen molar-refractivity contribution in [2.45, 2.75) is 31.9 Å². The van der Waals surface area contributed by atoms with Gasteiger partial charge in [0.15, 0.2) is 11.4 Å².